The number of aromatic amines is 1. The zero-order valence-electron chi connectivity index (χ0n) is 13.7. The van der Waals surface area contributed by atoms with E-state index in [2.05, 4.69) is 67.3 Å². The van der Waals surface area contributed by atoms with Gasteiger partial charge >= 0.3 is 0 Å². The van der Waals surface area contributed by atoms with Gasteiger partial charge in [0.25, 0.3) is 0 Å². The average Bonchev–Trinajstić information content (AvgIpc) is 2.99. The van der Waals surface area contributed by atoms with Crippen LogP contribution in [0.1, 0.15) is 25.2 Å². The average molecular weight is 555 g/mol. The Labute approximate surface area is 173 Å². The molecule has 0 bridgehead atoms. The molecule has 0 amide bonds. The summed E-state index contributed by atoms with van der Waals surface area (Å²) < 4.78 is 8.08. The summed E-state index contributed by atoms with van der Waals surface area (Å²) >= 11 is 4.53. The molecule has 0 fully saturated rings. The molecule has 0 spiro atoms. The molecule has 1 heterocycles. The molecule has 0 aliphatic rings. The number of hydrogen-bond donors (Lipinski definition) is 1. The second kappa shape index (κ2) is 7.74. The SMILES string of the molecule is CC(C)Oc1c(I)cc(I)cc1/C=C(/C#N)c1nc2ccccc2[nH]1. The summed E-state index contributed by atoms with van der Waals surface area (Å²) in [5.74, 6) is 1.35. The van der Waals surface area contributed by atoms with Crippen molar-refractivity contribution in [3.05, 3.63) is 54.9 Å². The van der Waals surface area contributed by atoms with Crippen LogP contribution >= 0.6 is 45.2 Å². The van der Waals surface area contributed by atoms with E-state index in [0.29, 0.717) is 11.4 Å². The van der Waals surface area contributed by atoms with Crippen molar-refractivity contribution in [2.45, 2.75) is 20.0 Å². The summed E-state index contributed by atoms with van der Waals surface area (Å²) in [6.45, 7) is 3.98. The van der Waals surface area contributed by atoms with Crippen LogP contribution in [0.5, 0.6) is 5.75 Å². The number of ether oxygens (including phenoxy) is 1. The smallest absolute Gasteiger partial charge is 0.149 e. The van der Waals surface area contributed by atoms with Gasteiger partial charge < -0.3 is 9.72 Å². The monoisotopic (exact) mass is 555 g/mol. The Morgan fingerprint density at radius 3 is 2.72 bits per heavy atom. The predicted octanol–water partition coefficient (Wildman–Crippen LogP) is 5.62. The van der Waals surface area contributed by atoms with E-state index in [4.69, 9.17) is 4.74 Å². The predicted molar refractivity (Wildman–Crippen MR) is 117 cm³/mol. The molecule has 0 atom stereocenters. The molecule has 1 aromatic heterocycles. The van der Waals surface area contributed by atoms with Crippen LogP contribution in [0.25, 0.3) is 22.7 Å². The lowest BCUT2D eigenvalue weighted by molar-refractivity contribution is 0.240. The van der Waals surface area contributed by atoms with Gasteiger partial charge in [-0.1, -0.05) is 12.1 Å². The van der Waals surface area contributed by atoms with Gasteiger partial charge in [0, 0.05) is 9.13 Å². The fourth-order valence-electron chi connectivity index (χ4n) is 2.44. The van der Waals surface area contributed by atoms with Gasteiger partial charge in [-0.05, 0) is 89.4 Å². The van der Waals surface area contributed by atoms with Crippen molar-refractivity contribution in [3.63, 3.8) is 0 Å². The Kier molecular flexibility index (Phi) is 5.64. The Balaban J connectivity index is 2.12. The van der Waals surface area contributed by atoms with Gasteiger partial charge in [-0.2, -0.15) is 5.26 Å². The molecule has 1 N–H and O–H groups in total. The number of benzene rings is 2. The first-order valence-electron chi connectivity index (χ1n) is 7.70. The molecule has 126 valence electrons. The number of H-pyrrole nitrogens is 1. The molecule has 4 nitrogen and oxygen atoms in total. The molecule has 2 aromatic carbocycles. The van der Waals surface area contributed by atoms with E-state index in [0.717, 1.165) is 29.5 Å². The molecule has 0 radical (unpaired) electrons. The first-order valence-corrected chi connectivity index (χ1v) is 9.86. The number of nitriles is 1. The third-order valence-electron chi connectivity index (χ3n) is 3.46. The standard InChI is InChI=1S/C19H15I2N3O/c1-11(2)25-18-12(8-14(20)9-15(18)21)7-13(10-22)19-23-16-5-3-4-6-17(16)24-19/h3-9,11H,1-2H3,(H,23,24)/b13-7-. The van der Waals surface area contributed by atoms with Crippen LogP contribution in [0.15, 0.2) is 36.4 Å². The zero-order valence-corrected chi connectivity index (χ0v) is 18.0. The van der Waals surface area contributed by atoms with Crippen molar-refractivity contribution >= 4 is 67.9 Å². The summed E-state index contributed by atoms with van der Waals surface area (Å²) in [7, 11) is 0. The van der Waals surface area contributed by atoms with Gasteiger partial charge in [-0.15, -0.1) is 0 Å². The zero-order chi connectivity index (χ0) is 18.0. The highest BCUT2D eigenvalue weighted by atomic mass is 127. The quantitative estimate of drug-likeness (QED) is 0.336. The number of hydrogen-bond acceptors (Lipinski definition) is 3. The topological polar surface area (TPSA) is 61.7 Å². The number of nitrogens with one attached hydrogen (secondary N) is 1. The first kappa shape index (κ1) is 18.2. The first-order chi connectivity index (χ1) is 12.0. The fraction of sp³-hybridized carbons (Fsp3) is 0.158. The van der Waals surface area contributed by atoms with E-state index in [-0.39, 0.29) is 6.10 Å². The molecule has 0 saturated heterocycles. The number of fused-ring (bicyclic) bond motifs is 1. The maximum Gasteiger partial charge on any atom is 0.149 e. The minimum absolute atomic E-state index is 0.0532. The Bertz CT molecular complexity index is 967. The van der Waals surface area contributed by atoms with E-state index in [1.807, 2.05) is 50.3 Å². The lowest BCUT2D eigenvalue weighted by Gasteiger charge is -2.15. The van der Waals surface area contributed by atoms with E-state index in [1.165, 1.54) is 0 Å². The van der Waals surface area contributed by atoms with E-state index >= 15 is 0 Å². The van der Waals surface area contributed by atoms with Gasteiger partial charge in [-0.25, -0.2) is 4.98 Å². The Morgan fingerprint density at radius 2 is 2.04 bits per heavy atom. The van der Waals surface area contributed by atoms with Gasteiger partial charge in [0.1, 0.15) is 17.6 Å². The molecule has 0 unspecified atom stereocenters. The fourth-order valence-corrected chi connectivity index (χ4v) is 4.45. The van der Waals surface area contributed by atoms with Crippen LogP contribution in [0.3, 0.4) is 0 Å². The van der Waals surface area contributed by atoms with Crippen LogP contribution in [-0.2, 0) is 0 Å². The summed E-state index contributed by atoms with van der Waals surface area (Å²) in [6, 6.07) is 14.1. The number of imidazole rings is 1. The highest BCUT2D eigenvalue weighted by molar-refractivity contribution is 14.1. The van der Waals surface area contributed by atoms with Crippen molar-refractivity contribution in [1.82, 2.24) is 9.97 Å². The number of halogens is 2. The van der Waals surface area contributed by atoms with Crippen molar-refractivity contribution < 1.29 is 4.74 Å². The molecule has 6 heteroatoms. The molecule has 0 saturated carbocycles. The third-order valence-corrected chi connectivity index (χ3v) is 4.88. The summed E-state index contributed by atoms with van der Waals surface area (Å²) in [4.78, 5) is 7.73. The molecule has 3 aromatic rings. The maximum absolute atomic E-state index is 9.65. The molecule has 3 rings (SSSR count). The lowest BCUT2D eigenvalue weighted by Crippen LogP contribution is -2.08. The number of rotatable bonds is 4. The van der Waals surface area contributed by atoms with Crippen molar-refractivity contribution in [1.29, 1.82) is 5.26 Å². The van der Waals surface area contributed by atoms with E-state index in [1.54, 1.807) is 0 Å². The molecule has 25 heavy (non-hydrogen) atoms. The van der Waals surface area contributed by atoms with Crippen molar-refractivity contribution in [2.24, 2.45) is 0 Å². The van der Waals surface area contributed by atoms with E-state index in [9.17, 15) is 5.26 Å². The maximum atomic E-state index is 9.65. The van der Waals surface area contributed by atoms with Crippen LogP contribution in [-0.4, -0.2) is 16.1 Å². The molecule has 0 aliphatic heterocycles. The normalized spacial score (nSPS) is 11.8. The van der Waals surface area contributed by atoms with Crippen LogP contribution < -0.4 is 4.74 Å². The lowest BCUT2D eigenvalue weighted by atomic mass is 10.1. The van der Waals surface area contributed by atoms with Gasteiger partial charge in [-0.3, -0.25) is 0 Å². The van der Waals surface area contributed by atoms with Crippen LogP contribution in [0.2, 0.25) is 0 Å². The van der Waals surface area contributed by atoms with Crippen molar-refractivity contribution in [3.8, 4) is 11.8 Å². The van der Waals surface area contributed by atoms with E-state index < -0.39 is 0 Å². The Hall–Kier alpha value is -1.60. The second-order valence-electron chi connectivity index (χ2n) is 5.74. The number of allylic oxidation sites excluding steroid dienone is 1. The summed E-state index contributed by atoms with van der Waals surface area (Å²) in [5, 5.41) is 9.65. The highest BCUT2D eigenvalue weighted by Crippen LogP contribution is 2.32. The van der Waals surface area contributed by atoms with Gasteiger partial charge in [0.15, 0.2) is 0 Å². The largest absolute Gasteiger partial charge is 0.489 e. The summed E-state index contributed by atoms with van der Waals surface area (Å²) in [6.07, 6.45) is 1.89. The van der Waals surface area contributed by atoms with Crippen LogP contribution in [0.4, 0.5) is 0 Å². The minimum atomic E-state index is 0.0532. The third kappa shape index (κ3) is 4.15. The minimum Gasteiger partial charge on any atom is -0.489 e. The van der Waals surface area contributed by atoms with Crippen molar-refractivity contribution in [2.75, 3.05) is 0 Å². The molecular weight excluding hydrogens is 540 g/mol. The van der Waals surface area contributed by atoms with Gasteiger partial charge in [0.05, 0.1) is 26.3 Å². The van der Waals surface area contributed by atoms with Crippen LogP contribution in [0, 0.1) is 18.5 Å². The second-order valence-corrected chi connectivity index (χ2v) is 8.15. The molecule has 0 aliphatic carbocycles. The molecular formula is C19H15I2N3O. The number of para-hydroxylation sites is 2. The number of aromatic nitrogens is 2. The summed E-state index contributed by atoms with van der Waals surface area (Å²) in [5.41, 5.74) is 3.11. The highest BCUT2D eigenvalue weighted by Gasteiger charge is 2.13. The number of nitrogens with zero attached hydrogens (tertiary/aromatic N) is 2. The van der Waals surface area contributed by atoms with Gasteiger partial charge in [0.2, 0.25) is 0 Å². The Morgan fingerprint density at radius 1 is 1.28 bits per heavy atom.